The first-order valence-corrected chi connectivity index (χ1v) is 8.67. The standard InChI is InChI=1S/C14H20F5P/c1-3-5-7-11-9-10-13(20(16,17,18)19)14(15)12(11)8-6-4-2/h9-10H,3-8H2,1-2H3. The van der Waals surface area contributed by atoms with E-state index in [-0.39, 0.29) is 12.0 Å². The van der Waals surface area contributed by atoms with Gasteiger partial charge < -0.3 is 0 Å². The molecule has 0 saturated carbocycles. The van der Waals surface area contributed by atoms with Crippen LogP contribution in [-0.4, -0.2) is 0 Å². The van der Waals surface area contributed by atoms with Crippen LogP contribution in [0.1, 0.15) is 50.7 Å². The van der Waals surface area contributed by atoms with E-state index in [0.717, 1.165) is 19.3 Å². The van der Waals surface area contributed by atoms with E-state index in [0.29, 0.717) is 24.5 Å². The van der Waals surface area contributed by atoms with Gasteiger partial charge in [-0.3, -0.25) is 0 Å². The Balaban J connectivity index is 3.27. The molecule has 0 nitrogen and oxygen atoms in total. The van der Waals surface area contributed by atoms with Crippen molar-refractivity contribution in [2.75, 3.05) is 0 Å². The van der Waals surface area contributed by atoms with Crippen LogP contribution in [0.4, 0.5) is 21.2 Å². The minimum atomic E-state index is -8.05. The molecule has 0 aliphatic rings. The molecule has 0 bridgehead atoms. The van der Waals surface area contributed by atoms with Gasteiger partial charge in [0.15, 0.2) is 0 Å². The van der Waals surface area contributed by atoms with Gasteiger partial charge in [-0.1, -0.05) is 0 Å². The summed E-state index contributed by atoms with van der Waals surface area (Å²) in [7, 11) is -8.05. The summed E-state index contributed by atoms with van der Waals surface area (Å²) in [5, 5.41) is -1.69. The number of rotatable bonds is 7. The van der Waals surface area contributed by atoms with Crippen LogP contribution in [0, 0.1) is 5.82 Å². The van der Waals surface area contributed by atoms with E-state index in [1.165, 1.54) is 6.07 Å². The van der Waals surface area contributed by atoms with Crippen LogP contribution in [0.25, 0.3) is 0 Å². The minimum absolute atomic E-state index is 0.0393. The third-order valence-electron chi connectivity index (χ3n) is 3.26. The molecule has 0 aromatic heterocycles. The van der Waals surface area contributed by atoms with E-state index in [1.807, 2.05) is 13.8 Å². The monoisotopic (exact) mass is 314 g/mol. The van der Waals surface area contributed by atoms with Gasteiger partial charge >= 0.3 is 116 Å². The van der Waals surface area contributed by atoms with Gasteiger partial charge in [-0.2, -0.15) is 0 Å². The Bertz CT molecular complexity index is 455. The van der Waals surface area contributed by atoms with Crippen LogP contribution in [0.2, 0.25) is 0 Å². The molecular weight excluding hydrogens is 294 g/mol. The summed E-state index contributed by atoms with van der Waals surface area (Å²) in [6.07, 6.45) is 3.73. The Labute approximate surface area is 116 Å². The molecule has 0 saturated heterocycles. The topological polar surface area (TPSA) is 0 Å². The molecule has 0 aliphatic carbocycles. The number of hydrogen-bond acceptors (Lipinski definition) is 0. The van der Waals surface area contributed by atoms with Gasteiger partial charge in [0.25, 0.3) is 0 Å². The van der Waals surface area contributed by atoms with Crippen molar-refractivity contribution in [3.63, 3.8) is 0 Å². The van der Waals surface area contributed by atoms with Crippen molar-refractivity contribution in [1.29, 1.82) is 0 Å². The molecule has 1 rings (SSSR count). The first-order valence-electron chi connectivity index (χ1n) is 6.87. The molecule has 0 radical (unpaired) electrons. The van der Waals surface area contributed by atoms with Gasteiger partial charge in [-0.05, 0) is 0 Å². The zero-order valence-corrected chi connectivity index (χ0v) is 12.6. The summed E-state index contributed by atoms with van der Waals surface area (Å²) >= 11 is 0. The fourth-order valence-electron chi connectivity index (χ4n) is 2.14. The van der Waals surface area contributed by atoms with E-state index in [2.05, 4.69) is 0 Å². The van der Waals surface area contributed by atoms with E-state index >= 15 is 0 Å². The Morgan fingerprint density at radius 1 is 0.900 bits per heavy atom. The van der Waals surface area contributed by atoms with Crippen molar-refractivity contribution in [1.82, 2.24) is 0 Å². The molecule has 0 N–H and O–H groups in total. The second kappa shape index (κ2) is 6.38. The molecule has 0 amide bonds. The molecule has 1 aromatic rings. The van der Waals surface area contributed by atoms with Crippen LogP contribution in [0.3, 0.4) is 0 Å². The second-order valence-corrected chi connectivity index (χ2v) is 6.89. The van der Waals surface area contributed by atoms with Crippen LogP contribution < -0.4 is 5.30 Å². The average molecular weight is 314 g/mol. The van der Waals surface area contributed by atoms with Crippen LogP contribution in [0.15, 0.2) is 12.1 Å². The van der Waals surface area contributed by atoms with E-state index in [4.69, 9.17) is 0 Å². The third kappa shape index (κ3) is 4.41. The van der Waals surface area contributed by atoms with Gasteiger partial charge in [0.05, 0.1) is 0 Å². The molecule has 116 valence electrons. The zero-order valence-electron chi connectivity index (χ0n) is 11.7. The summed E-state index contributed by atoms with van der Waals surface area (Å²) in [5.41, 5.74) is 0.611. The molecule has 0 spiro atoms. The van der Waals surface area contributed by atoms with Gasteiger partial charge in [0.1, 0.15) is 0 Å². The first-order chi connectivity index (χ1) is 9.17. The molecular formula is C14H20F5P. The van der Waals surface area contributed by atoms with Crippen LogP contribution in [-0.2, 0) is 12.8 Å². The number of aryl methyl sites for hydroxylation is 1. The van der Waals surface area contributed by atoms with E-state index < -0.39 is 19.0 Å². The van der Waals surface area contributed by atoms with Crippen molar-refractivity contribution in [2.45, 2.75) is 52.4 Å². The van der Waals surface area contributed by atoms with Crippen LogP contribution in [0.5, 0.6) is 0 Å². The summed E-state index contributed by atoms with van der Waals surface area (Å²) in [6, 6.07) is 1.80. The fourth-order valence-corrected chi connectivity index (χ4v) is 2.87. The maximum atomic E-state index is 14.1. The van der Waals surface area contributed by atoms with Crippen molar-refractivity contribution >= 4 is 13.2 Å². The SMILES string of the molecule is CCCCc1ccc(P(F)(F)(F)F)c(F)c1CCCC. The number of benzene rings is 1. The van der Waals surface area contributed by atoms with Crippen molar-refractivity contribution in [3.05, 3.63) is 29.1 Å². The van der Waals surface area contributed by atoms with Gasteiger partial charge in [-0.15, -0.1) is 0 Å². The summed E-state index contributed by atoms with van der Waals surface area (Å²) < 4.78 is 65.5. The Kier molecular flexibility index (Phi) is 5.54. The second-order valence-electron chi connectivity index (χ2n) is 4.96. The Hall–Kier alpha value is -0.700. The molecule has 0 unspecified atom stereocenters. The summed E-state index contributed by atoms with van der Waals surface area (Å²) in [4.78, 5) is 0. The van der Waals surface area contributed by atoms with Crippen molar-refractivity contribution in [2.24, 2.45) is 0 Å². The Morgan fingerprint density at radius 3 is 1.95 bits per heavy atom. The number of unbranched alkanes of at least 4 members (excludes halogenated alkanes) is 2. The fraction of sp³-hybridized carbons (Fsp3) is 0.571. The molecule has 20 heavy (non-hydrogen) atoms. The van der Waals surface area contributed by atoms with E-state index in [9.17, 15) is 21.2 Å². The maximum absolute atomic E-state index is 14.1. The number of halogens is 5. The van der Waals surface area contributed by atoms with Crippen molar-refractivity contribution in [3.8, 4) is 0 Å². The quantitative estimate of drug-likeness (QED) is 0.413. The normalized spacial score (nSPS) is 14.1. The predicted octanol–water partition coefficient (Wildman–Crippen LogP) is 6.23. The summed E-state index contributed by atoms with van der Waals surface area (Å²) in [5.74, 6) is -1.40. The average Bonchev–Trinajstić information content (AvgIpc) is 2.32. The summed E-state index contributed by atoms with van der Waals surface area (Å²) in [6.45, 7) is 3.83. The Morgan fingerprint density at radius 2 is 1.45 bits per heavy atom. The molecule has 0 heterocycles. The molecule has 0 aliphatic heterocycles. The zero-order chi connectivity index (χ0) is 15.4. The van der Waals surface area contributed by atoms with Gasteiger partial charge in [0.2, 0.25) is 0 Å². The van der Waals surface area contributed by atoms with E-state index in [1.54, 1.807) is 0 Å². The van der Waals surface area contributed by atoms with Crippen LogP contribution >= 0.6 is 7.85 Å². The third-order valence-corrected chi connectivity index (χ3v) is 4.34. The van der Waals surface area contributed by atoms with Crippen molar-refractivity contribution < 1.29 is 21.2 Å². The van der Waals surface area contributed by atoms with Gasteiger partial charge in [-0.25, -0.2) is 0 Å². The molecule has 0 fully saturated rings. The predicted molar refractivity (Wildman–Crippen MR) is 74.6 cm³/mol. The molecule has 0 atom stereocenters. The molecule has 6 heteroatoms. The van der Waals surface area contributed by atoms with Gasteiger partial charge in [0, 0.05) is 0 Å². The molecule has 1 aromatic carbocycles. The number of hydrogen-bond donors (Lipinski definition) is 0. The first kappa shape index (κ1) is 17.4.